The van der Waals surface area contributed by atoms with E-state index in [1.54, 1.807) is 77.9 Å². The molecule has 9 nitrogen and oxygen atoms in total. The van der Waals surface area contributed by atoms with Crippen LogP contribution in [0.5, 0.6) is 23.0 Å². The van der Waals surface area contributed by atoms with Crippen LogP contribution in [0.25, 0.3) is 11.1 Å². The Kier molecular flexibility index (Phi) is 12.9. The van der Waals surface area contributed by atoms with Crippen molar-refractivity contribution >= 4 is 69.6 Å². The molecule has 0 radical (unpaired) electrons. The molecule has 58 heavy (non-hydrogen) atoms. The number of halogens is 3. The number of hydrogen-bond donors (Lipinski definition) is 1. The second-order valence-electron chi connectivity index (χ2n) is 16.8. The summed E-state index contributed by atoms with van der Waals surface area (Å²) in [5, 5.41) is 3.18. The first-order valence-electron chi connectivity index (χ1n) is 19.6. The van der Waals surface area contributed by atoms with Gasteiger partial charge in [0.2, 0.25) is 5.91 Å². The van der Waals surface area contributed by atoms with Crippen molar-refractivity contribution in [1.29, 1.82) is 0 Å². The summed E-state index contributed by atoms with van der Waals surface area (Å²) >= 11 is 16.5. The number of aryl methyl sites for hydroxylation is 1. The standard InChI is InChI=1S/C46H48Cl2INO8/c1-8-9-10-11-12-22-50-36(51)21-18-27-23-32-40(38(48)39(27)57-43(54)45(5,6)7)55-35-25-34(56-42(53)44(2,3)4)30(26-16-19-28(49)20-17-26)24-31(35)46(32)37-29(41(52)58-46)14-13-15-33(37)47/h13-17,19-20,23-25H,8-12,18,21-22H2,1-7H3,(H,50,51). The van der Waals surface area contributed by atoms with Gasteiger partial charge >= 0.3 is 17.9 Å². The predicted octanol–water partition coefficient (Wildman–Crippen LogP) is 11.8. The minimum Gasteiger partial charge on any atom is -0.455 e. The Morgan fingerprint density at radius 1 is 0.828 bits per heavy atom. The minimum absolute atomic E-state index is 0.0184. The fraction of sp³-hybridized carbons (Fsp3) is 0.391. The molecule has 4 aromatic carbocycles. The maximum absolute atomic E-state index is 14.0. The van der Waals surface area contributed by atoms with Gasteiger partial charge in [0.1, 0.15) is 16.5 Å². The van der Waals surface area contributed by atoms with Crippen molar-refractivity contribution in [2.75, 3.05) is 6.54 Å². The molecule has 12 heteroatoms. The van der Waals surface area contributed by atoms with Gasteiger partial charge in [-0.05, 0) is 125 Å². The average Bonchev–Trinajstić information content (AvgIpc) is 3.46. The number of hydrogen-bond acceptors (Lipinski definition) is 8. The SMILES string of the molecule is CCCCCCCNC(=O)CCc1cc2c(c(Cl)c1OC(=O)C(C)(C)C)Oc1cc(OC(=O)C(C)(C)C)c(-c3ccc(I)cc3)cc1C21OC(=O)c2cccc(Cl)c21. The van der Waals surface area contributed by atoms with Crippen LogP contribution in [0, 0.1) is 14.4 Å². The summed E-state index contributed by atoms with van der Waals surface area (Å²) < 4.78 is 26.3. The maximum Gasteiger partial charge on any atom is 0.340 e. The minimum atomic E-state index is -1.73. The van der Waals surface area contributed by atoms with Gasteiger partial charge in [0, 0.05) is 49.9 Å². The Bertz CT molecular complexity index is 2280. The number of esters is 3. The number of amides is 1. The van der Waals surface area contributed by atoms with Crippen LogP contribution < -0.4 is 19.5 Å². The fourth-order valence-electron chi connectivity index (χ4n) is 6.91. The van der Waals surface area contributed by atoms with Crippen molar-refractivity contribution in [1.82, 2.24) is 5.32 Å². The van der Waals surface area contributed by atoms with Crippen LogP contribution in [0.2, 0.25) is 10.0 Å². The van der Waals surface area contributed by atoms with Gasteiger partial charge in [-0.3, -0.25) is 14.4 Å². The van der Waals surface area contributed by atoms with E-state index in [1.165, 1.54) is 0 Å². The highest BCUT2D eigenvalue weighted by Gasteiger charge is 2.56. The topological polar surface area (TPSA) is 117 Å². The lowest BCUT2D eigenvalue weighted by Gasteiger charge is -2.38. The fourth-order valence-corrected chi connectivity index (χ4v) is 7.88. The summed E-state index contributed by atoms with van der Waals surface area (Å²) in [4.78, 5) is 54.1. The Hall–Kier alpha value is -4.13. The highest BCUT2D eigenvalue weighted by molar-refractivity contribution is 14.1. The summed E-state index contributed by atoms with van der Waals surface area (Å²) in [5.41, 5.74) is -0.489. The van der Waals surface area contributed by atoms with Gasteiger partial charge in [-0.2, -0.15) is 0 Å². The van der Waals surface area contributed by atoms with Gasteiger partial charge in [0.05, 0.1) is 16.4 Å². The third-order valence-corrected chi connectivity index (χ3v) is 11.5. The Labute approximate surface area is 363 Å². The van der Waals surface area contributed by atoms with Crippen molar-refractivity contribution in [3.63, 3.8) is 0 Å². The van der Waals surface area contributed by atoms with Crippen molar-refractivity contribution < 1.29 is 38.1 Å². The van der Waals surface area contributed by atoms with Crippen LogP contribution in [0.4, 0.5) is 0 Å². The Morgan fingerprint density at radius 3 is 2.17 bits per heavy atom. The molecule has 6 rings (SSSR count). The van der Waals surface area contributed by atoms with E-state index in [1.807, 2.05) is 24.3 Å². The lowest BCUT2D eigenvalue weighted by Crippen LogP contribution is -2.34. The number of fused-ring (bicyclic) bond motifs is 6. The van der Waals surface area contributed by atoms with Crippen LogP contribution >= 0.6 is 45.8 Å². The maximum atomic E-state index is 14.0. The Morgan fingerprint density at radius 2 is 1.50 bits per heavy atom. The first-order chi connectivity index (χ1) is 27.4. The lowest BCUT2D eigenvalue weighted by molar-refractivity contribution is -0.143. The molecule has 0 fully saturated rings. The van der Waals surface area contributed by atoms with Crippen LogP contribution in [0.3, 0.4) is 0 Å². The lowest BCUT2D eigenvalue weighted by atomic mass is 9.76. The highest BCUT2D eigenvalue weighted by atomic mass is 127. The number of unbranched alkanes of at least 4 members (excludes halogenated alkanes) is 4. The zero-order chi connectivity index (χ0) is 42.2. The number of carbonyl (C=O) groups excluding carboxylic acids is 4. The van der Waals surface area contributed by atoms with Crippen LogP contribution in [0.1, 0.15) is 120 Å². The van der Waals surface area contributed by atoms with Crippen LogP contribution in [-0.4, -0.2) is 30.4 Å². The molecule has 0 aliphatic carbocycles. The van der Waals surface area contributed by atoms with Crippen LogP contribution in [0.15, 0.2) is 60.7 Å². The second kappa shape index (κ2) is 17.2. The van der Waals surface area contributed by atoms with Crippen molar-refractivity contribution in [3.8, 4) is 34.1 Å². The normalized spacial score (nSPS) is 15.5. The number of rotatable bonds is 12. The summed E-state index contributed by atoms with van der Waals surface area (Å²) in [6.07, 6.45) is 5.49. The molecule has 4 aromatic rings. The molecule has 1 atom stereocenters. The summed E-state index contributed by atoms with van der Waals surface area (Å²) in [6, 6.07) is 17.8. The van der Waals surface area contributed by atoms with Gasteiger partial charge in [-0.1, -0.05) is 74.0 Å². The largest absolute Gasteiger partial charge is 0.455 e. The summed E-state index contributed by atoms with van der Waals surface area (Å²) in [5.74, 6) is -1.41. The first kappa shape index (κ1) is 43.4. The number of nitrogens with one attached hydrogen (secondary N) is 1. The third-order valence-electron chi connectivity index (χ3n) is 10.1. The zero-order valence-corrected chi connectivity index (χ0v) is 37.5. The zero-order valence-electron chi connectivity index (χ0n) is 33.8. The quantitative estimate of drug-likeness (QED) is 0.0646. The van der Waals surface area contributed by atoms with Gasteiger partial charge in [-0.25, -0.2) is 4.79 Å². The van der Waals surface area contributed by atoms with Gasteiger partial charge in [0.25, 0.3) is 0 Å². The molecule has 1 spiro atoms. The van der Waals surface area contributed by atoms with E-state index in [0.29, 0.717) is 34.4 Å². The molecule has 1 unspecified atom stereocenters. The van der Waals surface area contributed by atoms with Crippen molar-refractivity contribution in [3.05, 3.63) is 102 Å². The first-order valence-corrected chi connectivity index (χ1v) is 21.4. The molecule has 1 N–H and O–H groups in total. The van der Waals surface area contributed by atoms with E-state index < -0.39 is 34.3 Å². The molecular weight excluding hydrogens is 892 g/mol. The van der Waals surface area contributed by atoms with Gasteiger partial charge in [-0.15, -0.1) is 0 Å². The Balaban J connectivity index is 1.57. The second-order valence-corrected chi connectivity index (χ2v) is 18.8. The molecule has 2 aliphatic heterocycles. The number of benzene rings is 4. The highest BCUT2D eigenvalue weighted by Crippen LogP contribution is 2.62. The monoisotopic (exact) mass is 939 g/mol. The number of ether oxygens (including phenoxy) is 4. The molecule has 0 bridgehead atoms. The molecule has 306 valence electrons. The predicted molar refractivity (Wildman–Crippen MR) is 233 cm³/mol. The molecule has 0 saturated carbocycles. The molecule has 2 heterocycles. The van der Waals surface area contributed by atoms with E-state index in [0.717, 1.165) is 41.2 Å². The molecule has 0 saturated heterocycles. The van der Waals surface area contributed by atoms with E-state index in [-0.39, 0.29) is 57.4 Å². The van der Waals surface area contributed by atoms with Crippen molar-refractivity contribution in [2.24, 2.45) is 10.8 Å². The van der Waals surface area contributed by atoms with Crippen molar-refractivity contribution in [2.45, 2.75) is 99.0 Å². The third kappa shape index (κ3) is 8.75. The van der Waals surface area contributed by atoms with Gasteiger partial charge < -0.3 is 24.3 Å². The summed E-state index contributed by atoms with van der Waals surface area (Å²) in [6.45, 7) is 13.1. The molecule has 2 aliphatic rings. The van der Waals surface area contributed by atoms with E-state index >= 15 is 0 Å². The van der Waals surface area contributed by atoms with E-state index in [4.69, 9.17) is 42.1 Å². The summed E-state index contributed by atoms with van der Waals surface area (Å²) in [7, 11) is 0. The molecular formula is C46H48Cl2INO8. The van der Waals surface area contributed by atoms with Gasteiger partial charge in [0.15, 0.2) is 17.1 Å². The van der Waals surface area contributed by atoms with Crippen LogP contribution in [-0.2, 0) is 31.1 Å². The molecule has 0 aromatic heterocycles. The number of carbonyl (C=O) groups is 4. The average molecular weight is 941 g/mol. The van der Waals surface area contributed by atoms with E-state index in [2.05, 4.69) is 34.8 Å². The van der Waals surface area contributed by atoms with E-state index in [9.17, 15) is 19.2 Å². The molecule has 1 amide bonds. The smallest absolute Gasteiger partial charge is 0.340 e.